The van der Waals surface area contributed by atoms with Crippen molar-refractivity contribution in [3.63, 3.8) is 0 Å². The lowest BCUT2D eigenvalue weighted by Crippen LogP contribution is -2.07. The third-order valence-corrected chi connectivity index (χ3v) is 7.09. The predicted octanol–water partition coefficient (Wildman–Crippen LogP) is 6.03. The summed E-state index contributed by atoms with van der Waals surface area (Å²) >= 11 is 16.0. The van der Waals surface area contributed by atoms with Crippen LogP contribution in [-0.2, 0) is 4.74 Å². The molecule has 0 radical (unpaired) electrons. The maximum atomic E-state index is 11.5. The molecule has 5 nitrogen and oxygen atoms in total. The van der Waals surface area contributed by atoms with Gasteiger partial charge in [0.2, 0.25) is 0 Å². The van der Waals surface area contributed by atoms with Gasteiger partial charge in [-0.2, -0.15) is 0 Å². The van der Waals surface area contributed by atoms with Gasteiger partial charge in [-0.1, -0.05) is 23.2 Å². The standard InChI is InChI=1S/C10H9ClINO2.C9H7ClINO/c1-15-10(14)6-4-7(11)13-9(8(6)12)5-2-3-5;10-7-3-6(4-13)8(11)9(12-7)5-1-2-5/h4-5H,2-3H2,1H3;3-5H,1-2H2. The Bertz CT molecular complexity index is 932. The van der Waals surface area contributed by atoms with Crippen molar-refractivity contribution in [3.8, 4) is 0 Å². The number of carbonyl (C=O) groups excluding carboxylic acids is 2. The van der Waals surface area contributed by atoms with Crippen LogP contribution >= 0.6 is 68.4 Å². The minimum Gasteiger partial charge on any atom is -0.465 e. The molecule has 0 saturated heterocycles. The zero-order valence-electron chi connectivity index (χ0n) is 14.8. The van der Waals surface area contributed by atoms with E-state index in [0.717, 1.165) is 37.7 Å². The highest BCUT2D eigenvalue weighted by Gasteiger charge is 2.30. The van der Waals surface area contributed by atoms with Gasteiger partial charge in [-0.3, -0.25) is 4.79 Å². The predicted molar refractivity (Wildman–Crippen MR) is 125 cm³/mol. The van der Waals surface area contributed by atoms with Crippen LogP contribution in [0, 0.1) is 7.14 Å². The van der Waals surface area contributed by atoms with Gasteiger partial charge in [0, 0.05) is 24.5 Å². The Morgan fingerprint density at radius 2 is 1.54 bits per heavy atom. The quantitative estimate of drug-likeness (QED) is 0.176. The number of nitrogens with zero attached hydrogens (tertiary/aromatic N) is 2. The molecule has 0 bridgehead atoms. The Morgan fingerprint density at radius 3 is 2.00 bits per heavy atom. The maximum Gasteiger partial charge on any atom is 0.339 e. The molecule has 0 spiro atoms. The van der Waals surface area contributed by atoms with Crippen molar-refractivity contribution < 1.29 is 14.3 Å². The van der Waals surface area contributed by atoms with Crippen LogP contribution in [0.25, 0.3) is 0 Å². The molecule has 2 aliphatic rings. The fourth-order valence-corrected chi connectivity index (χ4v) is 4.84. The van der Waals surface area contributed by atoms with Crippen LogP contribution < -0.4 is 0 Å². The molecule has 28 heavy (non-hydrogen) atoms. The topological polar surface area (TPSA) is 69.2 Å². The Balaban J connectivity index is 0.000000162. The van der Waals surface area contributed by atoms with Gasteiger partial charge in [-0.25, -0.2) is 14.8 Å². The number of halogens is 4. The number of pyridine rings is 2. The van der Waals surface area contributed by atoms with Gasteiger partial charge in [-0.05, 0) is 83.0 Å². The highest BCUT2D eigenvalue weighted by Crippen LogP contribution is 2.43. The van der Waals surface area contributed by atoms with Crippen molar-refractivity contribution >= 4 is 80.6 Å². The van der Waals surface area contributed by atoms with Gasteiger partial charge < -0.3 is 4.74 Å². The summed E-state index contributed by atoms with van der Waals surface area (Å²) in [6.07, 6.45) is 5.43. The second-order valence-corrected chi connectivity index (χ2v) is 9.52. The molecule has 0 aliphatic heterocycles. The van der Waals surface area contributed by atoms with E-state index in [1.807, 2.05) is 0 Å². The van der Waals surface area contributed by atoms with E-state index < -0.39 is 0 Å². The van der Waals surface area contributed by atoms with Gasteiger partial charge in [0.05, 0.1) is 24.1 Å². The van der Waals surface area contributed by atoms with E-state index in [9.17, 15) is 9.59 Å². The lowest BCUT2D eigenvalue weighted by Gasteiger charge is -2.07. The van der Waals surface area contributed by atoms with Crippen LogP contribution in [0.15, 0.2) is 12.1 Å². The highest BCUT2D eigenvalue weighted by molar-refractivity contribution is 14.1. The number of rotatable bonds is 4. The SMILES string of the molecule is COC(=O)c1cc(Cl)nc(C2CC2)c1I.O=Cc1cc(Cl)nc(C2CC2)c1I. The molecule has 0 aromatic carbocycles. The number of esters is 1. The van der Waals surface area contributed by atoms with Crippen molar-refractivity contribution in [3.05, 3.63) is 52.1 Å². The molecular weight excluding hydrogens is 629 g/mol. The molecule has 2 aromatic heterocycles. The van der Waals surface area contributed by atoms with Crippen LogP contribution in [0.4, 0.5) is 0 Å². The second kappa shape index (κ2) is 9.53. The van der Waals surface area contributed by atoms with Crippen LogP contribution in [0.3, 0.4) is 0 Å². The normalized spacial score (nSPS) is 15.5. The lowest BCUT2D eigenvalue weighted by molar-refractivity contribution is 0.0599. The number of ether oxygens (including phenoxy) is 1. The first-order valence-electron chi connectivity index (χ1n) is 8.61. The maximum absolute atomic E-state index is 11.5. The molecule has 2 saturated carbocycles. The third kappa shape index (κ3) is 5.34. The van der Waals surface area contributed by atoms with E-state index in [2.05, 4.69) is 55.1 Å². The molecule has 9 heteroatoms. The summed E-state index contributed by atoms with van der Waals surface area (Å²) in [6, 6.07) is 3.17. The van der Waals surface area contributed by atoms with Crippen molar-refractivity contribution in [1.82, 2.24) is 9.97 Å². The monoisotopic (exact) mass is 644 g/mol. The average Bonchev–Trinajstić information content (AvgIpc) is 3.57. The van der Waals surface area contributed by atoms with E-state index in [-0.39, 0.29) is 5.97 Å². The van der Waals surface area contributed by atoms with Crippen LogP contribution in [0.1, 0.15) is 69.6 Å². The Morgan fingerprint density at radius 1 is 1.04 bits per heavy atom. The molecule has 2 fully saturated rings. The first-order valence-corrected chi connectivity index (χ1v) is 11.5. The van der Waals surface area contributed by atoms with Crippen LogP contribution in [0.2, 0.25) is 10.3 Å². The number of aromatic nitrogens is 2. The molecule has 2 aliphatic carbocycles. The highest BCUT2D eigenvalue weighted by atomic mass is 127. The fourth-order valence-electron chi connectivity index (χ4n) is 2.65. The van der Waals surface area contributed by atoms with E-state index >= 15 is 0 Å². The minimum absolute atomic E-state index is 0.356. The molecule has 0 unspecified atom stereocenters. The summed E-state index contributed by atoms with van der Waals surface area (Å²) in [5.41, 5.74) is 3.10. The first kappa shape index (κ1) is 22.2. The van der Waals surface area contributed by atoms with Gasteiger partial charge in [-0.15, -0.1) is 0 Å². The van der Waals surface area contributed by atoms with Crippen molar-refractivity contribution in [2.24, 2.45) is 0 Å². The molecule has 2 aromatic rings. The van der Waals surface area contributed by atoms with E-state index in [4.69, 9.17) is 27.9 Å². The largest absolute Gasteiger partial charge is 0.465 e. The third-order valence-electron chi connectivity index (χ3n) is 4.39. The van der Waals surface area contributed by atoms with E-state index in [1.165, 1.54) is 20.0 Å². The molecule has 4 rings (SSSR count). The van der Waals surface area contributed by atoms with Gasteiger partial charge in [0.15, 0.2) is 6.29 Å². The van der Waals surface area contributed by atoms with Crippen LogP contribution in [-0.4, -0.2) is 29.3 Å². The first-order chi connectivity index (χ1) is 13.3. The molecule has 0 N–H and O–H groups in total. The van der Waals surface area contributed by atoms with Crippen LogP contribution in [0.5, 0.6) is 0 Å². The second-order valence-electron chi connectivity index (χ2n) is 6.58. The van der Waals surface area contributed by atoms with Gasteiger partial charge in [0.25, 0.3) is 0 Å². The van der Waals surface area contributed by atoms with Crippen molar-refractivity contribution in [2.75, 3.05) is 7.11 Å². The van der Waals surface area contributed by atoms with Gasteiger partial charge in [0.1, 0.15) is 10.3 Å². The van der Waals surface area contributed by atoms with E-state index in [1.54, 1.807) is 12.1 Å². The number of hydrogen-bond donors (Lipinski definition) is 0. The molecular formula is C19H16Cl2I2N2O3. The molecule has 148 valence electrons. The van der Waals surface area contributed by atoms with Crippen molar-refractivity contribution in [2.45, 2.75) is 37.5 Å². The lowest BCUT2D eigenvalue weighted by atomic mass is 10.2. The molecule has 2 heterocycles. The number of methoxy groups -OCH3 is 1. The summed E-state index contributed by atoms with van der Waals surface area (Å²) in [5, 5.41) is 0.780. The average molecular weight is 645 g/mol. The van der Waals surface area contributed by atoms with E-state index in [0.29, 0.717) is 33.3 Å². The molecule has 0 amide bonds. The molecule has 0 atom stereocenters. The Hall–Kier alpha value is -0.520. The summed E-state index contributed by atoms with van der Waals surface area (Å²) in [4.78, 5) is 30.7. The summed E-state index contributed by atoms with van der Waals surface area (Å²) in [6.45, 7) is 0. The number of hydrogen-bond acceptors (Lipinski definition) is 5. The summed E-state index contributed by atoms with van der Waals surface area (Å²) in [5.74, 6) is 0.647. The number of carbonyl (C=O) groups is 2. The minimum atomic E-state index is -0.356. The zero-order chi connectivity index (χ0) is 20.4. The van der Waals surface area contributed by atoms with Gasteiger partial charge >= 0.3 is 5.97 Å². The zero-order valence-corrected chi connectivity index (χ0v) is 20.7. The van der Waals surface area contributed by atoms with Crippen molar-refractivity contribution in [1.29, 1.82) is 0 Å². The fraction of sp³-hybridized carbons (Fsp3) is 0.368. The smallest absolute Gasteiger partial charge is 0.339 e. The number of aldehydes is 1. The summed E-state index contributed by atoms with van der Waals surface area (Å²) < 4.78 is 6.52. The summed E-state index contributed by atoms with van der Waals surface area (Å²) in [7, 11) is 1.36. The Kier molecular flexibility index (Phi) is 7.54. The Labute approximate surface area is 200 Å².